The van der Waals surface area contributed by atoms with Gasteiger partial charge in [-0.3, -0.25) is 14.9 Å². The van der Waals surface area contributed by atoms with Crippen LogP contribution in [0.25, 0.3) is 0 Å². The average molecular weight is 412 g/mol. The van der Waals surface area contributed by atoms with E-state index in [4.69, 9.17) is 9.47 Å². The normalized spacial score (nSPS) is 11.1. The Balaban J connectivity index is 2.00. The molecule has 158 valence electrons. The molecule has 1 atom stereocenters. The summed E-state index contributed by atoms with van der Waals surface area (Å²) in [6, 6.07) is 14.0. The van der Waals surface area contributed by atoms with Gasteiger partial charge in [-0.25, -0.2) is 9.59 Å². The first-order valence-electron chi connectivity index (χ1n) is 9.53. The van der Waals surface area contributed by atoms with Crippen molar-refractivity contribution in [1.82, 2.24) is 10.6 Å². The van der Waals surface area contributed by atoms with Crippen LogP contribution in [-0.2, 0) is 14.3 Å². The molecule has 0 radical (unpaired) electrons. The number of hydrogen-bond acceptors (Lipinski definition) is 6. The van der Waals surface area contributed by atoms with E-state index < -0.39 is 30.6 Å². The van der Waals surface area contributed by atoms with Gasteiger partial charge in [-0.2, -0.15) is 0 Å². The quantitative estimate of drug-likeness (QED) is 0.484. The van der Waals surface area contributed by atoms with Gasteiger partial charge in [0.05, 0.1) is 0 Å². The smallest absolute Gasteiger partial charge is 0.345 e. The molecule has 2 rings (SSSR count). The predicted molar refractivity (Wildman–Crippen MR) is 109 cm³/mol. The number of benzene rings is 2. The lowest BCUT2D eigenvalue weighted by atomic mass is 10.1. The maximum Gasteiger partial charge on any atom is 0.345 e. The summed E-state index contributed by atoms with van der Waals surface area (Å²) in [5.74, 6) is -1.18. The molecule has 30 heavy (non-hydrogen) atoms. The van der Waals surface area contributed by atoms with Crippen molar-refractivity contribution < 1.29 is 28.7 Å². The Morgan fingerprint density at radius 2 is 1.60 bits per heavy atom. The van der Waals surface area contributed by atoms with E-state index in [1.807, 2.05) is 0 Å². The van der Waals surface area contributed by atoms with E-state index in [2.05, 4.69) is 10.6 Å². The average Bonchev–Trinajstić information content (AvgIpc) is 2.76. The topological polar surface area (TPSA) is 111 Å². The van der Waals surface area contributed by atoms with Crippen LogP contribution in [0.2, 0.25) is 0 Å². The zero-order chi connectivity index (χ0) is 21.9. The number of Topliss-reactive ketones (excluding diaryl/α,β-unsaturated/α-hetero) is 1. The van der Waals surface area contributed by atoms with Crippen LogP contribution in [0.4, 0.5) is 4.79 Å². The number of hydrogen-bond donors (Lipinski definition) is 2. The Kier molecular flexibility index (Phi) is 8.56. The van der Waals surface area contributed by atoms with Gasteiger partial charge in [0.2, 0.25) is 6.10 Å². The summed E-state index contributed by atoms with van der Waals surface area (Å²) in [6.45, 7) is 3.37. The van der Waals surface area contributed by atoms with Gasteiger partial charge in [-0.1, -0.05) is 37.3 Å². The van der Waals surface area contributed by atoms with E-state index in [1.165, 1.54) is 0 Å². The number of esters is 1. The van der Waals surface area contributed by atoms with Crippen molar-refractivity contribution in [3.05, 3.63) is 65.7 Å². The number of carbonyl (C=O) groups excluding carboxylic acids is 4. The van der Waals surface area contributed by atoms with Crippen molar-refractivity contribution in [3.63, 3.8) is 0 Å². The number of urea groups is 1. The lowest BCUT2D eigenvalue weighted by Crippen LogP contribution is -2.42. The fraction of sp³-hybridized carbons (Fsp3) is 0.273. The van der Waals surface area contributed by atoms with E-state index >= 15 is 0 Å². The molecule has 3 amide bonds. The standard InChI is InChI=1S/C22H24N2O6/c1-3-18(25)15-10-12-17(13-11-15)29-14-19(26)30-20(16-8-6-5-7-9-16)21(27)24-22(28)23-4-2/h5-13,20H,3-4,14H2,1-2H3,(H2,23,24,27,28)/t20-/m1/s1. The van der Waals surface area contributed by atoms with Crippen LogP contribution in [0, 0.1) is 0 Å². The third-order valence-corrected chi connectivity index (χ3v) is 4.02. The van der Waals surface area contributed by atoms with Crippen LogP contribution >= 0.6 is 0 Å². The number of imide groups is 1. The molecule has 2 aromatic rings. The third-order valence-electron chi connectivity index (χ3n) is 4.02. The molecule has 0 saturated heterocycles. The van der Waals surface area contributed by atoms with Gasteiger partial charge >= 0.3 is 12.0 Å². The van der Waals surface area contributed by atoms with Gasteiger partial charge in [0.15, 0.2) is 12.4 Å². The van der Waals surface area contributed by atoms with Crippen molar-refractivity contribution in [2.45, 2.75) is 26.4 Å². The molecule has 0 aliphatic carbocycles. The number of ketones is 1. The number of nitrogens with one attached hydrogen (secondary N) is 2. The van der Waals surface area contributed by atoms with Crippen molar-refractivity contribution in [1.29, 1.82) is 0 Å². The predicted octanol–water partition coefficient (Wildman–Crippen LogP) is 2.79. The summed E-state index contributed by atoms with van der Waals surface area (Å²) in [4.78, 5) is 48.0. The summed E-state index contributed by atoms with van der Waals surface area (Å²) in [5.41, 5.74) is 0.966. The first kappa shape index (κ1) is 22.6. The maximum absolute atomic E-state index is 12.4. The van der Waals surface area contributed by atoms with Gasteiger partial charge in [0.25, 0.3) is 5.91 Å². The molecule has 0 aromatic heterocycles. The van der Waals surface area contributed by atoms with Crippen LogP contribution in [-0.4, -0.2) is 36.8 Å². The molecule has 0 unspecified atom stereocenters. The highest BCUT2D eigenvalue weighted by Gasteiger charge is 2.26. The van der Waals surface area contributed by atoms with Gasteiger partial charge in [0.1, 0.15) is 5.75 Å². The van der Waals surface area contributed by atoms with Crippen LogP contribution in [0.1, 0.15) is 42.3 Å². The number of rotatable bonds is 9. The summed E-state index contributed by atoms with van der Waals surface area (Å²) in [5, 5.41) is 4.58. The van der Waals surface area contributed by atoms with Crippen molar-refractivity contribution in [2.24, 2.45) is 0 Å². The van der Waals surface area contributed by atoms with Crippen LogP contribution in [0.15, 0.2) is 54.6 Å². The number of carbonyl (C=O) groups is 4. The highest BCUT2D eigenvalue weighted by atomic mass is 16.6. The molecule has 0 bridgehead atoms. The molecule has 0 aliphatic rings. The molecular formula is C22H24N2O6. The van der Waals surface area contributed by atoms with Crippen molar-refractivity contribution in [2.75, 3.05) is 13.2 Å². The fourth-order valence-electron chi connectivity index (χ4n) is 2.53. The molecule has 0 heterocycles. The zero-order valence-electron chi connectivity index (χ0n) is 16.8. The van der Waals surface area contributed by atoms with E-state index in [9.17, 15) is 19.2 Å². The second-order valence-electron chi connectivity index (χ2n) is 6.22. The van der Waals surface area contributed by atoms with E-state index in [1.54, 1.807) is 68.4 Å². The Morgan fingerprint density at radius 3 is 2.20 bits per heavy atom. The molecule has 0 fully saturated rings. The van der Waals surface area contributed by atoms with Gasteiger partial charge in [-0.15, -0.1) is 0 Å². The largest absolute Gasteiger partial charge is 0.482 e. The second-order valence-corrected chi connectivity index (χ2v) is 6.22. The van der Waals surface area contributed by atoms with Gasteiger partial charge in [0, 0.05) is 24.1 Å². The van der Waals surface area contributed by atoms with Crippen LogP contribution in [0.3, 0.4) is 0 Å². The SMILES string of the molecule is CCNC(=O)NC(=O)[C@H](OC(=O)COc1ccc(C(=O)CC)cc1)c1ccccc1. The first-order valence-corrected chi connectivity index (χ1v) is 9.53. The van der Waals surface area contributed by atoms with Crippen LogP contribution in [0.5, 0.6) is 5.75 Å². The highest BCUT2D eigenvalue weighted by Crippen LogP contribution is 2.19. The van der Waals surface area contributed by atoms with Crippen LogP contribution < -0.4 is 15.4 Å². The highest BCUT2D eigenvalue weighted by molar-refractivity contribution is 5.98. The Morgan fingerprint density at radius 1 is 0.933 bits per heavy atom. The summed E-state index contributed by atoms with van der Waals surface area (Å²) < 4.78 is 10.6. The third kappa shape index (κ3) is 6.73. The number of amides is 3. The van der Waals surface area contributed by atoms with E-state index in [0.717, 1.165) is 0 Å². The molecule has 2 N–H and O–H groups in total. The number of ether oxygens (including phenoxy) is 2. The fourth-order valence-corrected chi connectivity index (χ4v) is 2.53. The molecule has 8 heteroatoms. The molecule has 0 spiro atoms. The molecule has 0 saturated carbocycles. The Labute approximate surface area is 174 Å². The molecule has 8 nitrogen and oxygen atoms in total. The summed E-state index contributed by atoms with van der Waals surface area (Å²) >= 11 is 0. The molecule has 2 aromatic carbocycles. The molecular weight excluding hydrogens is 388 g/mol. The minimum Gasteiger partial charge on any atom is -0.482 e. The minimum atomic E-state index is -1.31. The lowest BCUT2D eigenvalue weighted by Gasteiger charge is -2.18. The second kappa shape index (κ2) is 11.4. The lowest BCUT2D eigenvalue weighted by molar-refractivity contribution is -0.158. The van der Waals surface area contributed by atoms with E-state index in [-0.39, 0.29) is 5.78 Å². The zero-order valence-corrected chi connectivity index (χ0v) is 16.8. The van der Waals surface area contributed by atoms with Gasteiger partial charge < -0.3 is 14.8 Å². The van der Waals surface area contributed by atoms with E-state index in [0.29, 0.717) is 29.8 Å². The van der Waals surface area contributed by atoms with Crippen molar-refractivity contribution in [3.8, 4) is 5.75 Å². The monoisotopic (exact) mass is 412 g/mol. The summed E-state index contributed by atoms with van der Waals surface area (Å²) in [6.07, 6.45) is -0.916. The minimum absolute atomic E-state index is 0.00443. The van der Waals surface area contributed by atoms with Crippen molar-refractivity contribution >= 4 is 23.7 Å². The first-order chi connectivity index (χ1) is 14.4. The Bertz CT molecular complexity index is 880. The molecule has 0 aliphatic heterocycles. The van der Waals surface area contributed by atoms with Gasteiger partial charge in [-0.05, 0) is 31.2 Å². The maximum atomic E-state index is 12.4. The summed E-state index contributed by atoms with van der Waals surface area (Å²) in [7, 11) is 0. The Hall–Kier alpha value is -3.68.